The second kappa shape index (κ2) is 7.70. The lowest BCUT2D eigenvalue weighted by Crippen LogP contribution is -2.32. The van der Waals surface area contributed by atoms with Gasteiger partial charge in [0.25, 0.3) is 0 Å². The molecule has 0 fully saturated rings. The average molecular weight is 244 g/mol. The van der Waals surface area contributed by atoms with Crippen molar-refractivity contribution in [3.8, 4) is 0 Å². The molecule has 0 aromatic rings. The molecule has 1 rings (SSSR count). The monoisotopic (exact) mass is 244 g/mol. The molecule has 2 unspecified atom stereocenters. The van der Waals surface area contributed by atoms with Crippen molar-refractivity contribution in [1.82, 2.24) is 5.32 Å². The molecule has 1 aliphatic rings. The van der Waals surface area contributed by atoms with Crippen LogP contribution in [0.1, 0.15) is 12.8 Å². The van der Waals surface area contributed by atoms with Gasteiger partial charge in [-0.15, -0.1) is 0 Å². The Balaban J connectivity index is 2.01. The predicted octanol–water partition coefficient (Wildman–Crippen LogP) is 0.122. The van der Waals surface area contributed by atoms with Crippen LogP contribution in [0, 0.1) is 5.92 Å². The van der Waals surface area contributed by atoms with E-state index in [4.69, 9.17) is 10.8 Å². The number of rotatable bonds is 7. The molecule has 0 aromatic heterocycles. The minimum atomic E-state index is -0.0440. The van der Waals surface area contributed by atoms with Crippen molar-refractivity contribution in [1.29, 1.82) is 0 Å². The van der Waals surface area contributed by atoms with Gasteiger partial charge in [-0.25, -0.2) is 0 Å². The molecule has 1 amide bonds. The van der Waals surface area contributed by atoms with Crippen LogP contribution < -0.4 is 11.1 Å². The highest BCUT2D eigenvalue weighted by molar-refractivity contribution is 7.99. The van der Waals surface area contributed by atoms with Crippen LogP contribution in [0.15, 0.2) is 12.2 Å². The van der Waals surface area contributed by atoms with Gasteiger partial charge in [0.05, 0.1) is 5.92 Å². The molecule has 1 aliphatic carbocycles. The van der Waals surface area contributed by atoms with Crippen LogP contribution in [0.4, 0.5) is 0 Å². The fourth-order valence-electron chi connectivity index (χ4n) is 1.57. The fraction of sp³-hybridized carbons (Fsp3) is 0.727. The van der Waals surface area contributed by atoms with Crippen LogP contribution >= 0.6 is 11.8 Å². The molecule has 0 saturated carbocycles. The van der Waals surface area contributed by atoms with Crippen molar-refractivity contribution in [3.63, 3.8) is 0 Å². The number of nitrogens with two attached hydrogens (primary N) is 1. The van der Waals surface area contributed by atoms with Crippen molar-refractivity contribution >= 4 is 17.7 Å². The van der Waals surface area contributed by atoms with E-state index in [9.17, 15) is 4.79 Å². The molecule has 4 N–H and O–H groups in total. The van der Waals surface area contributed by atoms with Gasteiger partial charge in [-0.1, -0.05) is 12.2 Å². The number of hydrogen-bond donors (Lipinski definition) is 3. The second-order valence-electron chi connectivity index (χ2n) is 3.87. The Hall–Kier alpha value is -0.520. The SMILES string of the molecule is NC1C=CC(C(=O)NCCSCCCO)C1. The largest absolute Gasteiger partial charge is 0.396 e. The van der Waals surface area contributed by atoms with Gasteiger partial charge in [0.2, 0.25) is 5.91 Å². The van der Waals surface area contributed by atoms with E-state index in [0.717, 1.165) is 24.3 Å². The Labute approximate surface area is 101 Å². The molecular formula is C11H20N2O2S. The highest BCUT2D eigenvalue weighted by atomic mass is 32.2. The first-order valence-corrected chi connectivity index (χ1v) is 6.79. The van der Waals surface area contributed by atoms with Crippen LogP contribution in [0.5, 0.6) is 0 Å². The van der Waals surface area contributed by atoms with Crippen molar-refractivity contribution in [2.75, 3.05) is 24.7 Å². The summed E-state index contributed by atoms with van der Waals surface area (Å²) in [5.41, 5.74) is 5.68. The van der Waals surface area contributed by atoms with Crippen LogP contribution in [0.25, 0.3) is 0 Å². The summed E-state index contributed by atoms with van der Waals surface area (Å²) in [5.74, 6) is 1.87. The predicted molar refractivity (Wildman–Crippen MR) is 67.3 cm³/mol. The Morgan fingerprint density at radius 1 is 1.50 bits per heavy atom. The third-order valence-corrected chi connectivity index (χ3v) is 3.52. The molecule has 0 heterocycles. The van der Waals surface area contributed by atoms with Crippen LogP contribution in [0.2, 0.25) is 0 Å². The number of nitrogens with one attached hydrogen (secondary N) is 1. The average Bonchev–Trinajstić information content (AvgIpc) is 2.70. The van der Waals surface area contributed by atoms with E-state index >= 15 is 0 Å². The quantitative estimate of drug-likeness (QED) is 0.439. The Morgan fingerprint density at radius 3 is 2.94 bits per heavy atom. The third-order valence-electron chi connectivity index (χ3n) is 2.45. The first-order valence-electron chi connectivity index (χ1n) is 5.64. The lowest BCUT2D eigenvalue weighted by molar-refractivity contribution is -0.123. The lowest BCUT2D eigenvalue weighted by Gasteiger charge is -2.10. The number of aliphatic hydroxyl groups is 1. The molecule has 0 radical (unpaired) electrons. The normalized spacial score (nSPS) is 23.6. The van der Waals surface area contributed by atoms with Gasteiger partial charge in [0.1, 0.15) is 0 Å². The van der Waals surface area contributed by atoms with Gasteiger partial charge in [-0.3, -0.25) is 4.79 Å². The summed E-state index contributed by atoms with van der Waals surface area (Å²) >= 11 is 1.75. The zero-order valence-corrected chi connectivity index (χ0v) is 10.2. The zero-order valence-electron chi connectivity index (χ0n) is 9.39. The Kier molecular flexibility index (Phi) is 6.52. The molecule has 0 bridgehead atoms. The Bertz CT molecular complexity index is 246. The van der Waals surface area contributed by atoms with E-state index in [1.54, 1.807) is 11.8 Å². The standard InChI is InChI=1S/C11H20N2O2S/c12-10-3-2-9(8-10)11(15)13-4-7-16-6-1-5-14/h2-3,9-10,14H,1,4-8,12H2,(H,13,15). The molecule has 16 heavy (non-hydrogen) atoms. The fourth-order valence-corrected chi connectivity index (χ4v) is 2.35. The highest BCUT2D eigenvalue weighted by Crippen LogP contribution is 2.16. The molecule has 0 aliphatic heterocycles. The summed E-state index contributed by atoms with van der Waals surface area (Å²) in [6, 6.07) is 0.0367. The molecule has 5 heteroatoms. The number of thioether (sulfide) groups is 1. The number of aliphatic hydroxyl groups excluding tert-OH is 1. The van der Waals surface area contributed by atoms with Gasteiger partial charge >= 0.3 is 0 Å². The van der Waals surface area contributed by atoms with Gasteiger partial charge in [0, 0.05) is 24.9 Å². The van der Waals surface area contributed by atoms with Gasteiger partial charge < -0.3 is 16.2 Å². The van der Waals surface area contributed by atoms with Crippen LogP contribution in [0.3, 0.4) is 0 Å². The van der Waals surface area contributed by atoms with Gasteiger partial charge in [-0.05, 0) is 18.6 Å². The van der Waals surface area contributed by atoms with Crippen LogP contribution in [-0.2, 0) is 4.79 Å². The summed E-state index contributed by atoms with van der Waals surface area (Å²) in [4.78, 5) is 11.6. The maximum atomic E-state index is 11.6. The van der Waals surface area contributed by atoms with E-state index in [1.807, 2.05) is 12.2 Å². The maximum Gasteiger partial charge on any atom is 0.227 e. The summed E-state index contributed by atoms with van der Waals surface area (Å²) < 4.78 is 0. The second-order valence-corrected chi connectivity index (χ2v) is 5.10. The minimum Gasteiger partial charge on any atom is -0.396 e. The maximum absolute atomic E-state index is 11.6. The Morgan fingerprint density at radius 2 is 2.31 bits per heavy atom. The number of carbonyl (C=O) groups is 1. The van der Waals surface area contributed by atoms with E-state index in [2.05, 4.69) is 5.32 Å². The number of hydrogen-bond acceptors (Lipinski definition) is 4. The third kappa shape index (κ3) is 5.01. The zero-order chi connectivity index (χ0) is 11.8. The smallest absolute Gasteiger partial charge is 0.227 e. The van der Waals surface area contributed by atoms with Gasteiger partial charge in [-0.2, -0.15) is 11.8 Å². The molecule has 0 spiro atoms. The number of carbonyl (C=O) groups excluding carboxylic acids is 1. The molecule has 0 saturated heterocycles. The first-order chi connectivity index (χ1) is 7.74. The van der Waals surface area contributed by atoms with Crippen molar-refractivity contribution in [2.24, 2.45) is 11.7 Å². The molecule has 2 atom stereocenters. The van der Waals surface area contributed by atoms with Crippen molar-refractivity contribution in [2.45, 2.75) is 18.9 Å². The van der Waals surface area contributed by atoms with Gasteiger partial charge in [0.15, 0.2) is 0 Å². The van der Waals surface area contributed by atoms with E-state index in [1.165, 1.54) is 0 Å². The first kappa shape index (κ1) is 13.5. The summed E-state index contributed by atoms with van der Waals surface area (Å²) in [7, 11) is 0. The van der Waals surface area contributed by atoms with E-state index in [-0.39, 0.29) is 24.5 Å². The topological polar surface area (TPSA) is 75.4 Å². The summed E-state index contributed by atoms with van der Waals surface area (Å²) in [5, 5.41) is 11.5. The highest BCUT2D eigenvalue weighted by Gasteiger charge is 2.21. The van der Waals surface area contributed by atoms with E-state index in [0.29, 0.717) is 6.54 Å². The summed E-state index contributed by atoms with van der Waals surface area (Å²) in [6.45, 7) is 0.929. The molecule has 92 valence electrons. The minimum absolute atomic E-state index is 0.0367. The summed E-state index contributed by atoms with van der Waals surface area (Å²) in [6.07, 6.45) is 5.32. The number of amides is 1. The molecule has 4 nitrogen and oxygen atoms in total. The molecular weight excluding hydrogens is 224 g/mol. The lowest BCUT2D eigenvalue weighted by atomic mass is 10.1. The van der Waals surface area contributed by atoms with Crippen LogP contribution in [-0.4, -0.2) is 41.7 Å². The molecule has 0 aromatic carbocycles. The van der Waals surface area contributed by atoms with Crippen molar-refractivity contribution < 1.29 is 9.90 Å². The van der Waals surface area contributed by atoms with E-state index < -0.39 is 0 Å². The van der Waals surface area contributed by atoms with Crippen molar-refractivity contribution in [3.05, 3.63) is 12.2 Å².